The van der Waals surface area contributed by atoms with Gasteiger partial charge in [0.1, 0.15) is 0 Å². The molecule has 0 saturated heterocycles. The Morgan fingerprint density at radius 3 is 2.38 bits per heavy atom. The topological polar surface area (TPSA) is 59.2 Å². The number of alkyl halides is 1. The number of H-pyrrole nitrogens is 1. The first-order chi connectivity index (χ1) is 7.40. The fraction of sp³-hybridized carbons (Fsp3) is 0.455. The number of aromatic amines is 1. The molecule has 1 unspecified atom stereocenters. The fourth-order valence-corrected chi connectivity index (χ4v) is 1.71. The van der Waals surface area contributed by atoms with Gasteiger partial charge < -0.3 is 9.72 Å². The van der Waals surface area contributed by atoms with Crippen LogP contribution in [0, 0.1) is 13.8 Å². The van der Waals surface area contributed by atoms with E-state index in [1.165, 1.54) is 7.11 Å². The highest BCUT2D eigenvalue weighted by atomic mass is 35.5. The maximum Gasteiger partial charge on any atom is 0.339 e. The number of rotatable bonds is 3. The molecule has 0 aliphatic rings. The Morgan fingerprint density at radius 1 is 1.38 bits per heavy atom. The zero-order valence-corrected chi connectivity index (χ0v) is 10.4. The van der Waals surface area contributed by atoms with Gasteiger partial charge in [-0.2, -0.15) is 0 Å². The molecule has 0 aliphatic heterocycles. The summed E-state index contributed by atoms with van der Waals surface area (Å²) in [5.41, 5.74) is 1.98. The van der Waals surface area contributed by atoms with Gasteiger partial charge in [-0.15, -0.1) is 11.6 Å². The molecule has 0 bridgehead atoms. The van der Waals surface area contributed by atoms with Crippen LogP contribution < -0.4 is 0 Å². The monoisotopic (exact) mass is 243 g/mol. The van der Waals surface area contributed by atoms with Crippen LogP contribution in [-0.4, -0.2) is 29.2 Å². The molecule has 1 atom stereocenters. The molecule has 1 N–H and O–H groups in total. The van der Waals surface area contributed by atoms with Crippen molar-refractivity contribution in [2.24, 2.45) is 0 Å². The van der Waals surface area contributed by atoms with Crippen molar-refractivity contribution in [3.8, 4) is 0 Å². The second-order valence-electron chi connectivity index (χ2n) is 3.60. The van der Waals surface area contributed by atoms with Crippen molar-refractivity contribution in [2.75, 3.05) is 7.11 Å². The van der Waals surface area contributed by atoms with Crippen molar-refractivity contribution in [3.05, 3.63) is 22.5 Å². The highest BCUT2D eigenvalue weighted by Gasteiger charge is 2.24. The molecule has 0 radical (unpaired) electrons. The summed E-state index contributed by atoms with van der Waals surface area (Å²) in [6.45, 7) is 5.01. The Morgan fingerprint density at radius 2 is 1.94 bits per heavy atom. The van der Waals surface area contributed by atoms with E-state index in [-0.39, 0.29) is 5.78 Å². The van der Waals surface area contributed by atoms with Gasteiger partial charge in [-0.25, -0.2) is 4.79 Å². The molecule has 0 spiro atoms. The summed E-state index contributed by atoms with van der Waals surface area (Å²) >= 11 is 5.72. The fourth-order valence-electron chi connectivity index (χ4n) is 1.60. The molecule has 0 fully saturated rings. The van der Waals surface area contributed by atoms with Crippen LogP contribution in [0.4, 0.5) is 0 Å². The highest BCUT2D eigenvalue weighted by molar-refractivity contribution is 6.33. The molecule has 0 aliphatic carbocycles. The maximum absolute atomic E-state index is 11.7. The van der Waals surface area contributed by atoms with Crippen molar-refractivity contribution in [3.63, 3.8) is 0 Å². The number of aromatic nitrogens is 1. The van der Waals surface area contributed by atoms with Gasteiger partial charge in [0.25, 0.3) is 0 Å². The van der Waals surface area contributed by atoms with Gasteiger partial charge in [-0.1, -0.05) is 0 Å². The first-order valence-corrected chi connectivity index (χ1v) is 5.29. The zero-order chi connectivity index (χ0) is 12.5. The largest absolute Gasteiger partial charge is 0.465 e. The minimum absolute atomic E-state index is 0.225. The second-order valence-corrected chi connectivity index (χ2v) is 4.25. The SMILES string of the molecule is COC(=O)c1c(C)[nH]c(C(=O)C(C)Cl)c1C. The molecule has 0 saturated carbocycles. The van der Waals surface area contributed by atoms with Crippen LogP contribution >= 0.6 is 11.6 Å². The Kier molecular flexibility index (Phi) is 3.75. The summed E-state index contributed by atoms with van der Waals surface area (Å²) in [7, 11) is 1.31. The summed E-state index contributed by atoms with van der Waals surface area (Å²) < 4.78 is 4.65. The molecule has 88 valence electrons. The summed E-state index contributed by atoms with van der Waals surface area (Å²) in [4.78, 5) is 26.1. The van der Waals surface area contributed by atoms with Crippen LogP contribution in [0.2, 0.25) is 0 Å². The number of ketones is 1. The van der Waals surface area contributed by atoms with Crippen LogP contribution in [0.25, 0.3) is 0 Å². The van der Waals surface area contributed by atoms with Gasteiger partial charge in [-0.05, 0) is 26.3 Å². The maximum atomic E-state index is 11.7. The Hall–Kier alpha value is -1.29. The van der Waals surface area contributed by atoms with Crippen molar-refractivity contribution in [1.29, 1.82) is 0 Å². The van der Waals surface area contributed by atoms with Gasteiger partial charge in [0.15, 0.2) is 5.78 Å². The molecule has 4 nitrogen and oxygen atoms in total. The molecule has 16 heavy (non-hydrogen) atoms. The Bertz CT molecular complexity index is 435. The average Bonchev–Trinajstić information content (AvgIpc) is 2.52. The number of hydrogen-bond acceptors (Lipinski definition) is 3. The van der Waals surface area contributed by atoms with Gasteiger partial charge in [0.05, 0.1) is 23.7 Å². The smallest absolute Gasteiger partial charge is 0.339 e. The third kappa shape index (κ3) is 2.11. The number of carbonyl (C=O) groups is 2. The standard InChI is InChI=1S/C11H14ClNO3/c1-5-8(11(15)16-4)7(3)13-9(5)10(14)6(2)12/h6,13H,1-4H3. The normalized spacial score (nSPS) is 12.3. The van der Waals surface area contributed by atoms with Gasteiger partial charge >= 0.3 is 5.97 Å². The van der Waals surface area contributed by atoms with E-state index in [0.717, 1.165) is 0 Å². The molecule has 0 amide bonds. The average molecular weight is 244 g/mol. The quantitative estimate of drug-likeness (QED) is 0.503. The van der Waals surface area contributed by atoms with E-state index in [1.807, 2.05) is 0 Å². The van der Waals surface area contributed by atoms with E-state index in [1.54, 1.807) is 20.8 Å². The predicted octanol–water partition coefficient (Wildman–Crippen LogP) is 2.23. The molecule has 1 heterocycles. The first-order valence-electron chi connectivity index (χ1n) is 4.85. The number of aryl methyl sites for hydroxylation is 1. The van der Waals surface area contributed by atoms with E-state index in [4.69, 9.17) is 11.6 Å². The van der Waals surface area contributed by atoms with Crippen molar-refractivity contribution >= 4 is 23.4 Å². The molecule has 0 aromatic carbocycles. The van der Waals surface area contributed by atoms with Gasteiger partial charge in [0.2, 0.25) is 0 Å². The summed E-state index contributed by atoms with van der Waals surface area (Å²) in [6.07, 6.45) is 0. The van der Waals surface area contributed by atoms with Crippen LogP contribution in [0.5, 0.6) is 0 Å². The van der Waals surface area contributed by atoms with Crippen LogP contribution in [0.3, 0.4) is 0 Å². The van der Waals surface area contributed by atoms with Crippen LogP contribution in [0.1, 0.15) is 39.0 Å². The zero-order valence-electron chi connectivity index (χ0n) is 9.68. The van der Waals surface area contributed by atoms with Crippen molar-refractivity contribution in [1.82, 2.24) is 4.98 Å². The second kappa shape index (κ2) is 4.70. The number of ether oxygens (including phenoxy) is 1. The summed E-state index contributed by atoms with van der Waals surface area (Å²) in [6, 6.07) is 0. The number of Topliss-reactive ketones (excluding diaryl/α,β-unsaturated/α-hetero) is 1. The lowest BCUT2D eigenvalue weighted by Crippen LogP contribution is -2.12. The number of halogens is 1. The number of carbonyl (C=O) groups excluding carboxylic acids is 2. The van der Waals surface area contributed by atoms with Crippen molar-refractivity contribution < 1.29 is 14.3 Å². The minimum atomic E-state index is -0.623. The predicted molar refractivity (Wildman–Crippen MR) is 61.3 cm³/mol. The molecule has 5 heteroatoms. The van der Waals surface area contributed by atoms with Gasteiger partial charge in [0, 0.05) is 5.69 Å². The van der Waals surface area contributed by atoms with Crippen LogP contribution in [0.15, 0.2) is 0 Å². The summed E-state index contributed by atoms with van der Waals surface area (Å²) in [5, 5.41) is -0.623. The highest BCUT2D eigenvalue weighted by Crippen LogP contribution is 2.21. The number of hydrogen-bond donors (Lipinski definition) is 1. The van der Waals surface area contributed by atoms with Crippen molar-refractivity contribution in [2.45, 2.75) is 26.1 Å². The third-order valence-corrected chi connectivity index (χ3v) is 2.63. The Labute approximate surface area is 98.9 Å². The number of nitrogens with one attached hydrogen (secondary N) is 1. The molecule has 1 aromatic heterocycles. The third-order valence-electron chi connectivity index (χ3n) is 2.43. The van der Waals surface area contributed by atoms with Gasteiger partial charge in [-0.3, -0.25) is 4.79 Å². The Balaban J connectivity index is 3.27. The summed E-state index contributed by atoms with van der Waals surface area (Å²) in [5.74, 6) is -0.676. The molecule has 1 rings (SSSR count). The number of esters is 1. The lowest BCUT2D eigenvalue weighted by atomic mass is 10.1. The molecular formula is C11H14ClNO3. The minimum Gasteiger partial charge on any atom is -0.465 e. The molecule has 1 aromatic rings. The van der Waals surface area contributed by atoms with E-state index < -0.39 is 11.3 Å². The lowest BCUT2D eigenvalue weighted by molar-refractivity contribution is 0.0599. The first kappa shape index (κ1) is 12.8. The van der Waals surface area contributed by atoms with E-state index in [9.17, 15) is 9.59 Å². The van der Waals surface area contributed by atoms with Crippen LogP contribution in [-0.2, 0) is 4.74 Å². The van der Waals surface area contributed by atoms with E-state index >= 15 is 0 Å². The lowest BCUT2D eigenvalue weighted by Gasteiger charge is -2.02. The molecular weight excluding hydrogens is 230 g/mol. The van der Waals surface area contributed by atoms with E-state index in [0.29, 0.717) is 22.5 Å². The number of methoxy groups -OCH3 is 1. The van der Waals surface area contributed by atoms with E-state index in [2.05, 4.69) is 9.72 Å².